The highest BCUT2D eigenvalue weighted by Crippen LogP contribution is 2.29. The molecular weight excluding hydrogens is 304 g/mol. The van der Waals surface area contributed by atoms with E-state index in [4.69, 9.17) is 9.47 Å². The number of carbonyl (C=O) groups excluding carboxylic acids is 1. The average molecular weight is 334 g/mol. The van der Waals surface area contributed by atoms with Crippen LogP contribution in [0.1, 0.15) is 32.8 Å². The van der Waals surface area contributed by atoms with Crippen LogP contribution in [0.5, 0.6) is 11.5 Å². The Morgan fingerprint density at radius 3 is 2.46 bits per heavy atom. The molecular formula is C19H30N2O3. The Balaban J connectivity index is 1.92. The van der Waals surface area contributed by atoms with Gasteiger partial charge < -0.3 is 14.4 Å². The SMILES string of the molecule is CCC(=O)N1CCN(Cc2ccc(OCC(C)C)c(OC)c2)CC1. The lowest BCUT2D eigenvalue weighted by molar-refractivity contribution is -0.132. The molecule has 1 saturated heterocycles. The molecule has 0 unspecified atom stereocenters. The monoisotopic (exact) mass is 334 g/mol. The van der Waals surface area contributed by atoms with E-state index in [1.54, 1.807) is 7.11 Å². The van der Waals surface area contributed by atoms with E-state index in [1.165, 1.54) is 5.56 Å². The number of hydrogen-bond donors (Lipinski definition) is 0. The highest BCUT2D eigenvalue weighted by molar-refractivity contribution is 5.75. The van der Waals surface area contributed by atoms with Crippen LogP contribution in [0, 0.1) is 5.92 Å². The summed E-state index contributed by atoms with van der Waals surface area (Å²) in [5.41, 5.74) is 1.21. The van der Waals surface area contributed by atoms with Crippen LogP contribution in [-0.2, 0) is 11.3 Å². The molecule has 0 saturated carbocycles. The van der Waals surface area contributed by atoms with Gasteiger partial charge in [0.2, 0.25) is 5.91 Å². The molecule has 24 heavy (non-hydrogen) atoms. The van der Waals surface area contributed by atoms with Gasteiger partial charge in [-0.1, -0.05) is 26.8 Å². The Labute approximate surface area is 145 Å². The summed E-state index contributed by atoms with van der Waals surface area (Å²) >= 11 is 0. The number of ether oxygens (including phenoxy) is 2. The van der Waals surface area contributed by atoms with E-state index in [0.717, 1.165) is 44.2 Å². The van der Waals surface area contributed by atoms with E-state index in [2.05, 4.69) is 30.9 Å². The van der Waals surface area contributed by atoms with Crippen molar-refractivity contribution in [2.45, 2.75) is 33.7 Å². The molecule has 0 spiro atoms. The summed E-state index contributed by atoms with van der Waals surface area (Å²) in [5, 5.41) is 0. The molecule has 0 aliphatic carbocycles. The van der Waals surface area contributed by atoms with Gasteiger partial charge in [0.15, 0.2) is 11.5 Å². The summed E-state index contributed by atoms with van der Waals surface area (Å²) in [5.74, 6) is 2.32. The predicted molar refractivity (Wildman–Crippen MR) is 95.5 cm³/mol. The highest BCUT2D eigenvalue weighted by Gasteiger charge is 2.20. The minimum atomic E-state index is 0.253. The third-order valence-electron chi connectivity index (χ3n) is 4.23. The zero-order chi connectivity index (χ0) is 17.5. The largest absolute Gasteiger partial charge is 0.493 e. The van der Waals surface area contributed by atoms with Crippen molar-refractivity contribution in [1.29, 1.82) is 0 Å². The maximum atomic E-state index is 11.7. The second-order valence-corrected chi connectivity index (χ2v) is 6.70. The Morgan fingerprint density at radius 1 is 1.17 bits per heavy atom. The third-order valence-corrected chi connectivity index (χ3v) is 4.23. The molecule has 1 fully saturated rings. The minimum Gasteiger partial charge on any atom is -0.493 e. The standard InChI is InChI=1S/C19H30N2O3/c1-5-19(22)21-10-8-20(9-11-21)13-16-6-7-17(18(12-16)23-4)24-14-15(2)3/h6-7,12,15H,5,8-11,13-14H2,1-4H3. The van der Waals surface area contributed by atoms with Crippen molar-refractivity contribution in [1.82, 2.24) is 9.80 Å². The van der Waals surface area contributed by atoms with Crippen molar-refractivity contribution in [2.75, 3.05) is 39.9 Å². The van der Waals surface area contributed by atoms with Crippen LogP contribution in [0.4, 0.5) is 0 Å². The topological polar surface area (TPSA) is 42.0 Å². The van der Waals surface area contributed by atoms with Gasteiger partial charge in [0.1, 0.15) is 0 Å². The number of methoxy groups -OCH3 is 1. The lowest BCUT2D eigenvalue weighted by atomic mass is 10.1. The van der Waals surface area contributed by atoms with Gasteiger partial charge in [-0.05, 0) is 23.6 Å². The molecule has 0 atom stereocenters. The Bertz CT molecular complexity index is 537. The van der Waals surface area contributed by atoms with Gasteiger partial charge in [-0.25, -0.2) is 0 Å². The molecule has 1 heterocycles. The summed E-state index contributed by atoms with van der Waals surface area (Å²) in [7, 11) is 1.68. The second kappa shape index (κ2) is 8.92. The van der Waals surface area contributed by atoms with E-state index in [1.807, 2.05) is 17.9 Å². The van der Waals surface area contributed by atoms with E-state index >= 15 is 0 Å². The summed E-state index contributed by atoms with van der Waals surface area (Å²) in [6, 6.07) is 6.15. The van der Waals surface area contributed by atoms with E-state index in [-0.39, 0.29) is 5.91 Å². The number of benzene rings is 1. The van der Waals surface area contributed by atoms with Crippen LogP contribution in [0.15, 0.2) is 18.2 Å². The molecule has 5 heteroatoms. The summed E-state index contributed by atoms with van der Waals surface area (Å²) < 4.78 is 11.3. The molecule has 0 N–H and O–H groups in total. The first kappa shape index (κ1) is 18.6. The normalized spacial score (nSPS) is 15.6. The number of rotatable bonds is 7. The van der Waals surface area contributed by atoms with Crippen molar-refractivity contribution >= 4 is 5.91 Å². The summed E-state index contributed by atoms with van der Waals surface area (Å²) in [6.07, 6.45) is 0.592. The van der Waals surface area contributed by atoms with Crippen molar-refractivity contribution in [2.24, 2.45) is 5.92 Å². The first-order valence-corrected chi connectivity index (χ1v) is 8.83. The van der Waals surface area contributed by atoms with Crippen LogP contribution in [-0.4, -0.2) is 55.6 Å². The van der Waals surface area contributed by atoms with Crippen LogP contribution in [0.25, 0.3) is 0 Å². The number of amides is 1. The van der Waals surface area contributed by atoms with Crippen molar-refractivity contribution < 1.29 is 14.3 Å². The first-order valence-electron chi connectivity index (χ1n) is 8.83. The maximum Gasteiger partial charge on any atom is 0.222 e. The van der Waals surface area contributed by atoms with Crippen LogP contribution < -0.4 is 9.47 Å². The predicted octanol–water partition coefficient (Wildman–Crippen LogP) is 2.78. The zero-order valence-corrected chi connectivity index (χ0v) is 15.4. The Kier molecular flexibility index (Phi) is 6.91. The molecule has 1 aliphatic rings. The van der Waals surface area contributed by atoms with E-state index in [9.17, 15) is 4.79 Å². The fraction of sp³-hybridized carbons (Fsp3) is 0.632. The Morgan fingerprint density at radius 2 is 1.88 bits per heavy atom. The summed E-state index contributed by atoms with van der Waals surface area (Å²) in [4.78, 5) is 16.1. The van der Waals surface area contributed by atoms with Gasteiger partial charge in [-0.3, -0.25) is 9.69 Å². The minimum absolute atomic E-state index is 0.253. The molecule has 134 valence electrons. The molecule has 5 nitrogen and oxygen atoms in total. The lowest BCUT2D eigenvalue weighted by Gasteiger charge is -2.34. The van der Waals surface area contributed by atoms with Crippen molar-refractivity contribution in [3.63, 3.8) is 0 Å². The number of carbonyl (C=O) groups is 1. The second-order valence-electron chi connectivity index (χ2n) is 6.70. The molecule has 1 aliphatic heterocycles. The third kappa shape index (κ3) is 5.13. The van der Waals surface area contributed by atoms with Crippen LogP contribution in [0.3, 0.4) is 0 Å². The van der Waals surface area contributed by atoms with Gasteiger partial charge in [0, 0.05) is 39.1 Å². The molecule has 0 bridgehead atoms. The molecule has 1 amide bonds. The van der Waals surface area contributed by atoms with Crippen molar-refractivity contribution in [3.05, 3.63) is 23.8 Å². The van der Waals surface area contributed by atoms with E-state index < -0.39 is 0 Å². The molecule has 0 aromatic heterocycles. The van der Waals surface area contributed by atoms with Gasteiger partial charge in [0.25, 0.3) is 0 Å². The smallest absolute Gasteiger partial charge is 0.222 e. The Hall–Kier alpha value is -1.75. The van der Waals surface area contributed by atoms with Gasteiger partial charge in [-0.2, -0.15) is 0 Å². The molecule has 1 aromatic carbocycles. The lowest BCUT2D eigenvalue weighted by Crippen LogP contribution is -2.48. The van der Waals surface area contributed by atoms with Crippen molar-refractivity contribution in [3.8, 4) is 11.5 Å². The first-order chi connectivity index (χ1) is 11.5. The van der Waals surface area contributed by atoms with Crippen LogP contribution >= 0.6 is 0 Å². The van der Waals surface area contributed by atoms with Gasteiger partial charge in [-0.15, -0.1) is 0 Å². The quantitative estimate of drug-likeness (QED) is 0.769. The van der Waals surface area contributed by atoms with Crippen LogP contribution in [0.2, 0.25) is 0 Å². The molecule has 2 rings (SSSR count). The fourth-order valence-electron chi connectivity index (χ4n) is 2.82. The number of piperazine rings is 1. The average Bonchev–Trinajstić information content (AvgIpc) is 2.60. The number of hydrogen-bond acceptors (Lipinski definition) is 4. The van der Waals surface area contributed by atoms with Gasteiger partial charge in [0.05, 0.1) is 13.7 Å². The molecule has 1 aromatic rings. The fourth-order valence-corrected chi connectivity index (χ4v) is 2.82. The number of nitrogens with zero attached hydrogens (tertiary/aromatic N) is 2. The van der Waals surface area contributed by atoms with E-state index in [0.29, 0.717) is 18.9 Å². The highest BCUT2D eigenvalue weighted by atomic mass is 16.5. The summed E-state index contributed by atoms with van der Waals surface area (Å²) in [6.45, 7) is 11.2. The van der Waals surface area contributed by atoms with Gasteiger partial charge >= 0.3 is 0 Å². The molecule has 0 radical (unpaired) electrons. The maximum absolute atomic E-state index is 11.7. The zero-order valence-electron chi connectivity index (χ0n) is 15.4.